The van der Waals surface area contributed by atoms with Gasteiger partial charge in [-0.15, -0.1) is 16.4 Å². The predicted molar refractivity (Wildman–Crippen MR) is 60.6 cm³/mol. The zero-order chi connectivity index (χ0) is 9.07. The second-order valence-corrected chi connectivity index (χ2v) is 6.42. The summed E-state index contributed by atoms with van der Waals surface area (Å²) in [4.78, 5) is 0. The van der Waals surface area contributed by atoms with Gasteiger partial charge in [-0.05, 0) is 12.8 Å². The largest absolute Gasteiger partial charge is 0.469 e. The molecule has 0 nitrogen and oxygen atoms in total. The smallest absolute Gasteiger partial charge is 0.307 e. The fraction of sp³-hybridized carbons (Fsp3) is 0.800. The highest BCUT2D eigenvalue weighted by Crippen LogP contribution is 2.01. The van der Waals surface area contributed by atoms with Gasteiger partial charge in [0.15, 0.2) is 0 Å². The molecule has 0 unspecified atom stereocenters. The van der Waals surface area contributed by atoms with Crippen molar-refractivity contribution < 1.29 is 0 Å². The molecule has 0 amide bonds. The molecule has 2 heteroatoms. The molecule has 0 bridgehead atoms. The first-order valence-electron chi connectivity index (χ1n) is 4.93. The number of halogens is 1. The monoisotopic (exact) mass is 240 g/mol. The Morgan fingerprint density at radius 2 is 1.83 bits per heavy atom. The van der Waals surface area contributed by atoms with E-state index in [1.165, 1.54) is 30.2 Å². The molecule has 0 aliphatic carbocycles. The lowest BCUT2D eigenvalue weighted by Crippen LogP contribution is -1.75. The van der Waals surface area contributed by atoms with Crippen molar-refractivity contribution in [2.75, 3.05) is 0 Å². The Labute approximate surface area is 92.5 Å². The van der Waals surface area contributed by atoms with Gasteiger partial charge in [-0.3, -0.25) is 0 Å². The van der Waals surface area contributed by atoms with E-state index in [4.69, 9.17) is 0 Å². The SMILES string of the molecule is CCCCCCC#CC[CH2][Mg][Br]. The highest BCUT2D eigenvalue weighted by Gasteiger charge is 1.85. The molecule has 0 atom stereocenters. The lowest BCUT2D eigenvalue weighted by Gasteiger charge is -1.91. The van der Waals surface area contributed by atoms with E-state index in [2.05, 4.69) is 31.6 Å². The van der Waals surface area contributed by atoms with Crippen LogP contribution in [0.2, 0.25) is 4.55 Å². The van der Waals surface area contributed by atoms with Crippen LogP contribution in [0.4, 0.5) is 0 Å². The zero-order valence-corrected chi connectivity index (χ0v) is 11.0. The lowest BCUT2D eigenvalue weighted by molar-refractivity contribution is 0.679. The fourth-order valence-electron chi connectivity index (χ4n) is 0.972. The van der Waals surface area contributed by atoms with Gasteiger partial charge in [0.2, 0.25) is 0 Å². The zero-order valence-electron chi connectivity index (χ0n) is 8.03. The Balaban J connectivity index is 2.99. The minimum Gasteiger partial charge on any atom is -0.307 e. The summed E-state index contributed by atoms with van der Waals surface area (Å²) in [7, 11) is 0. The molecular weight excluding hydrogens is 224 g/mol. The van der Waals surface area contributed by atoms with Crippen molar-refractivity contribution in [2.24, 2.45) is 0 Å². The summed E-state index contributed by atoms with van der Waals surface area (Å²) in [5.74, 6) is 6.45. The van der Waals surface area contributed by atoms with Crippen LogP contribution in [-0.2, 0) is 0 Å². The first-order valence-corrected chi connectivity index (χ1v) is 9.83. The first-order chi connectivity index (χ1) is 5.91. The standard InChI is InChI=1S/C10H17.BrH.Mg/c1-3-5-7-9-10-8-6-4-2;;/h1,3-4,6,8-10H2,2H3;1H;/q;;+1/p-1. The van der Waals surface area contributed by atoms with Crippen molar-refractivity contribution in [3.05, 3.63) is 0 Å². The number of rotatable bonds is 6. The number of hydrogen-bond acceptors (Lipinski definition) is 0. The summed E-state index contributed by atoms with van der Waals surface area (Å²) in [6.45, 7) is 2.24. The molecule has 0 aliphatic heterocycles. The van der Waals surface area contributed by atoms with Gasteiger partial charge in [-0.2, -0.15) is 0 Å². The third kappa shape index (κ3) is 10.8. The normalized spacial score (nSPS) is 8.50. The Hall–Kier alpha value is 0.806. The summed E-state index contributed by atoms with van der Waals surface area (Å²) in [6, 6.07) is 0. The molecule has 12 heavy (non-hydrogen) atoms. The molecule has 66 valence electrons. The molecule has 0 aliphatic rings. The first kappa shape index (κ1) is 12.8. The Morgan fingerprint density at radius 1 is 1.08 bits per heavy atom. The molecule has 0 radical (unpaired) electrons. The molecule has 0 aromatic heterocycles. The molecule has 0 aromatic rings. The average Bonchev–Trinajstić information content (AvgIpc) is 2.10. The highest BCUT2D eigenvalue weighted by molar-refractivity contribution is 9.23. The summed E-state index contributed by atoms with van der Waals surface area (Å²) >= 11 is 3.60. The van der Waals surface area contributed by atoms with Gasteiger partial charge in [0, 0.05) is 6.42 Å². The summed E-state index contributed by atoms with van der Waals surface area (Å²) in [5, 5.41) is 0. The Morgan fingerprint density at radius 3 is 2.50 bits per heavy atom. The van der Waals surface area contributed by atoms with Gasteiger partial charge >= 0.3 is 18.2 Å². The molecule has 0 spiro atoms. The topological polar surface area (TPSA) is 0 Å². The molecular formula is C10H17BrMg. The van der Waals surface area contributed by atoms with Crippen LogP contribution in [-0.4, -0.2) is 18.2 Å². The van der Waals surface area contributed by atoms with Crippen LogP contribution in [0.1, 0.15) is 45.4 Å². The van der Waals surface area contributed by atoms with E-state index < -0.39 is 0 Å². The lowest BCUT2D eigenvalue weighted by atomic mass is 10.1. The molecule has 0 saturated heterocycles. The van der Waals surface area contributed by atoms with E-state index in [1.54, 1.807) is 0 Å². The molecule has 0 fully saturated rings. The number of hydrogen-bond donors (Lipinski definition) is 0. The van der Waals surface area contributed by atoms with Gasteiger partial charge in [0.25, 0.3) is 0 Å². The maximum Gasteiger partial charge on any atom is 0.469 e. The second-order valence-electron chi connectivity index (χ2n) is 2.96. The van der Waals surface area contributed by atoms with Crippen molar-refractivity contribution in [3.8, 4) is 11.8 Å². The van der Waals surface area contributed by atoms with Crippen molar-refractivity contribution in [2.45, 2.75) is 50.0 Å². The Bertz CT molecular complexity index is 135. The van der Waals surface area contributed by atoms with E-state index in [-0.39, 0.29) is 18.2 Å². The molecule has 0 heterocycles. The van der Waals surface area contributed by atoms with E-state index in [9.17, 15) is 0 Å². The van der Waals surface area contributed by atoms with Gasteiger partial charge in [-0.1, -0.05) is 26.2 Å². The van der Waals surface area contributed by atoms with E-state index >= 15 is 0 Å². The average molecular weight is 241 g/mol. The second kappa shape index (κ2) is 11.8. The van der Waals surface area contributed by atoms with E-state index in [0.29, 0.717) is 0 Å². The summed E-state index contributed by atoms with van der Waals surface area (Å²) in [6.07, 6.45) is 7.58. The third-order valence-electron chi connectivity index (χ3n) is 1.72. The Kier molecular flexibility index (Phi) is 12.6. The minimum atomic E-state index is 0.0764. The van der Waals surface area contributed by atoms with Crippen LogP contribution in [0.5, 0.6) is 0 Å². The van der Waals surface area contributed by atoms with Crippen molar-refractivity contribution in [1.82, 2.24) is 0 Å². The van der Waals surface area contributed by atoms with E-state index in [0.717, 1.165) is 12.8 Å². The molecule has 0 aromatic carbocycles. The summed E-state index contributed by atoms with van der Waals surface area (Å²) in [5.41, 5.74) is 0. The predicted octanol–water partition coefficient (Wildman–Crippen LogP) is 3.78. The van der Waals surface area contributed by atoms with Gasteiger partial charge in [0.1, 0.15) is 0 Å². The quantitative estimate of drug-likeness (QED) is 0.377. The van der Waals surface area contributed by atoms with E-state index in [1.807, 2.05) is 0 Å². The molecule has 0 rings (SSSR count). The molecule has 0 saturated carbocycles. The number of unbranched alkanes of at least 4 members (excludes halogenated alkanes) is 4. The van der Waals surface area contributed by atoms with Crippen LogP contribution in [0.15, 0.2) is 0 Å². The highest BCUT2D eigenvalue weighted by atomic mass is 79.9. The van der Waals surface area contributed by atoms with Crippen LogP contribution in [0, 0.1) is 11.8 Å². The van der Waals surface area contributed by atoms with Crippen LogP contribution in [0.3, 0.4) is 0 Å². The van der Waals surface area contributed by atoms with Gasteiger partial charge in [0.05, 0.1) is 0 Å². The van der Waals surface area contributed by atoms with Crippen molar-refractivity contribution >= 4 is 31.1 Å². The fourth-order valence-corrected chi connectivity index (χ4v) is 2.12. The maximum atomic E-state index is 3.52. The van der Waals surface area contributed by atoms with Crippen LogP contribution >= 0.6 is 12.9 Å². The van der Waals surface area contributed by atoms with Gasteiger partial charge in [-0.25, -0.2) is 0 Å². The van der Waals surface area contributed by atoms with Crippen LogP contribution in [0.25, 0.3) is 0 Å². The third-order valence-corrected chi connectivity index (χ3v) is 4.02. The van der Waals surface area contributed by atoms with Crippen molar-refractivity contribution in [3.63, 3.8) is 0 Å². The van der Waals surface area contributed by atoms with Crippen LogP contribution < -0.4 is 0 Å². The van der Waals surface area contributed by atoms with Gasteiger partial charge < -0.3 is 12.9 Å². The minimum absolute atomic E-state index is 0.0764. The molecule has 0 N–H and O–H groups in total. The maximum absolute atomic E-state index is 3.52. The summed E-state index contributed by atoms with van der Waals surface area (Å²) < 4.78 is 1.32. The van der Waals surface area contributed by atoms with Crippen molar-refractivity contribution in [1.29, 1.82) is 0 Å².